The molecule has 0 aliphatic carbocycles. The van der Waals surface area contributed by atoms with E-state index in [-0.39, 0.29) is 16.3 Å². The van der Waals surface area contributed by atoms with Gasteiger partial charge in [-0.15, -0.1) is 0 Å². The van der Waals surface area contributed by atoms with Crippen LogP contribution >= 0.6 is 11.6 Å². The van der Waals surface area contributed by atoms with Gasteiger partial charge in [-0.2, -0.15) is 0 Å². The minimum atomic E-state index is -0.616. The normalized spacial score (nSPS) is 10.5. The van der Waals surface area contributed by atoms with E-state index < -0.39 is 10.8 Å². The van der Waals surface area contributed by atoms with Crippen LogP contribution in [0, 0.1) is 10.1 Å². The zero-order valence-electron chi connectivity index (χ0n) is 11.8. The highest BCUT2D eigenvalue weighted by molar-refractivity contribution is 6.32. The van der Waals surface area contributed by atoms with Crippen molar-refractivity contribution in [2.75, 3.05) is 5.32 Å². The molecule has 0 aliphatic rings. The highest BCUT2D eigenvalue weighted by atomic mass is 35.5. The van der Waals surface area contributed by atoms with Crippen molar-refractivity contribution in [3.8, 4) is 0 Å². The van der Waals surface area contributed by atoms with E-state index in [0.717, 1.165) is 10.8 Å². The van der Waals surface area contributed by atoms with E-state index in [9.17, 15) is 14.9 Å². The number of fused-ring (bicyclic) bond motifs is 1. The number of hydrogen-bond donors (Lipinski definition) is 1. The number of hydrogen-bond acceptors (Lipinski definition) is 3. The molecular weight excluding hydrogens is 316 g/mol. The summed E-state index contributed by atoms with van der Waals surface area (Å²) in [6.45, 7) is 0. The van der Waals surface area contributed by atoms with Gasteiger partial charge >= 0.3 is 0 Å². The summed E-state index contributed by atoms with van der Waals surface area (Å²) in [5.41, 5.74) is 0.499. The number of nitro benzene ring substituents is 1. The van der Waals surface area contributed by atoms with E-state index >= 15 is 0 Å². The minimum absolute atomic E-state index is 0.00254. The molecule has 0 atom stereocenters. The maximum Gasteiger partial charge on any atom is 0.288 e. The molecule has 5 nitrogen and oxygen atoms in total. The predicted molar refractivity (Wildman–Crippen MR) is 90.0 cm³/mol. The van der Waals surface area contributed by atoms with Crippen LogP contribution in [0.25, 0.3) is 10.8 Å². The summed E-state index contributed by atoms with van der Waals surface area (Å²) in [6, 6.07) is 17.3. The molecule has 0 saturated heterocycles. The summed E-state index contributed by atoms with van der Waals surface area (Å²) >= 11 is 5.75. The maximum absolute atomic E-state index is 12.3. The average Bonchev–Trinajstić information content (AvgIpc) is 2.54. The number of nitrogens with one attached hydrogen (secondary N) is 1. The Bertz CT molecular complexity index is 925. The lowest BCUT2D eigenvalue weighted by Crippen LogP contribution is -2.12. The second-order valence-corrected chi connectivity index (χ2v) is 5.35. The molecule has 0 spiro atoms. The van der Waals surface area contributed by atoms with Crippen molar-refractivity contribution in [3.05, 3.63) is 81.4 Å². The number of nitrogens with zero attached hydrogens (tertiary/aromatic N) is 1. The van der Waals surface area contributed by atoms with Crippen LogP contribution in [0.3, 0.4) is 0 Å². The third-order valence-electron chi connectivity index (χ3n) is 3.41. The van der Waals surface area contributed by atoms with Gasteiger partial charge in [-0.3, -0.25) is 14.9 Å². The van der Waals surface area contributed by atoms with Crippen LogP contribution in [0.5, 0.6) is 0 Å². The molecule has 0 radical (unpaired) electrons. The fourth-order valence-electron chi connectivity index (χ4n) is 2.26. The fraction of sp³-hybridized carbons (Fsp3) is 0. The first-order valence-corrected chi connectivity index (χ1v) is 7.16. The van der Waals surface area contributed by atoms with Gasteiger partial charge in [0.25, 0.3) is 11.6 Å². The van der Waals surface area contributed by atoms with Gasteiger partial charge in [0.05, 0.1) is 4.92 Å². The molecule has 0 fully saturated rings. The largest absolute Gasteiger partial charge is 0.322 e. The molecule has 6 heteroatoms. The smallest absolute Gasteiger partial charge is 0.288 e. The summed E-state index contributed by atoms with van der Waals surface area (Å²) in [5, 5.41) is 15.7. The Hall–Kier alpha value is -2.92. The lowest BCUT2D eigenvalue weighted by molar-refractivity contribution is -0.384. The highest BCUT2D eigenvalue weighted by Gasteiger charge is 2.16. The zero-order valence-corrected chi connectivity index (χ0v) is 12.6. The lowest BCUT2D eigenvalue weighted by atomic mass is 10.1. The van der Waals surface area contributed by atoms with E-state index in [4.69, 9.17) is 11.6 Å². The first-order valence-electron chi connectivity index (χ1n) is 6.79. The first-order chi connectivity index (χ1) is 11.0. The van der Waals surface area contributed by atoms with Gasteiger partial charge < -0.3 is 5.32 Å². The maximum atomic E-state index is 12.3. The molecule has 1 N–H and O–H groups in total. The van der Waals surface area contributed by atoms with Gasteiger partial charge in [0.2, 0.25) is 0 Å². The third kappa shape index (κ3) is 3.14. The van der Waals surface area contributed by atoms with Gasteiger partial charge in [-0.1, -0.05) is 41.9 Å². The molecule has 114 valence electrons. The van der Waals surface area contributed by atoms with Crippen molar-refractivity contribution in [3.63, 3.8) is 0 Å². The Morgan fingerprint density at radius 3 is 2.48 bits per heavy atom. The number of anilines is 1. The molecule has 0 unspecified atom stereocenters. The number of halogens is 1. The molecule has 3 rings (SSSR count). The van der Waals surface area contributed by atoms with Crippen LogP contribution in [-0.2, 0) is 0 Å². The van der Waals surface area contributed by atoms with E-state index in [1.165, 1.54) is 18.2 Å². The summed E-state index contributed by atoms with van der Waals surface area (Å²) in [7, 11) is 0. The minimum Gasteiger partial charge on any atom is -0.322 e. The Balaban J connectivity index is 1.88. The number of carbonyl (C=O) groups excluding carboxylic acids is 1. The van der Waals surface area contributed by atoms with Gasteiger partial charge in [0.1, 0.15) is 5.02 Å². The molecule has 3 aromatic rings. The molecule has 3 aromatic carbocycles. The fourth-order valence-corrected chi connectivity index (χ4v) is 2.45. The predicted octanol–water partition coefficient (Wildman–Crippen LogP) is 4.65. The van der Waals surface area contributed by atoms with Crippen molar-refractivity contribution in [1.82, 2.24) is 0 Å². The van der Waals surface area contributed by atoms with Crippen LogP contribution in [0.15, 0.2) is 60.7 Å². The van der Waals surface area contributed by atoms with Crippen LogP contribution in [0.1, 0.15) is 10.4 Å². The number of benzene rings is 3. The Morgan fingerprint density at radius 2 is 1.74 bits per heavy atom. The molecule has 0 aliphatic heterocycles. The first kappa shape index (κ1) is 15.0. The van der Waals surface area contributed by atoms with Gasteiger partial charge in [-0.05, 0) is 35.0 Å². The standard InChI is InChI=1S/C17H11ClN2O3/c18-15-8-6-13(10-16(15)20(22)23)17(21)19-14-7-5-11-3-1-2-4-12(11)9-14/h1-10H,(H,19,21). The van der Waals surface area contributed by atoms with Crippen molar-refractivity contribution in [2.45, 2.75) is 0 Å². The molecular formula is C17H11ClN2O3. The lowest BCUT2D eigenvalue weighted by Gasteiger charge is -2.07. The molecule has 23 heavy (non-hydrogen) atoms. The van der Waals surface area contributed by atoms with Gasteiger partial charge in [-0.25, -0.2) is 0 Å². The zero-order chi connectivity index (χ0) is 16.4. The molecule has 1 amide bonds. The van der Waals surface area contributed by atoms with E-state index in [1.807, 2.05) is 36.4 Å². The quantitative estimate of drug-likeness (QED) is 0.562. The summed E-state index contributed by atoms with van der Waals surface area (Å²) < 4.78 is 0. The Kier molecular flexibility index (Phi) is 3.95. The van der Waals surface area contributed by atoms with Crippen molar-refractivity contribution in [1.29, 1.82) is 0 Å². The van der Waals surface area contributed by atoms with Crippen molar-refractivity contribution in [2.24, 2.45) is 0 Å². The number of carbonyl (C=O) groups is 1. The molecule has 0 saturated carbocycles. The SMILES string of the molecule is O=C(Nc1ccc2ccccc2c1)c1ccc(Cl)c([N+](=O)[O-])c1. The van der Waals surface area contributed by atoms with Crippen LogP contribution in [0.4, 0.5) is 11.4 Å². The van der Waals surface area contributed by atoms with Gasteiger partial charge in [0, 0.05) is 17.3 Å². The van der Waals surface area contributed by atoms with Crippen LogP contribution in [0.2, 0.25) is 5.02 Å². The second-order valence-electron chi connectivity index (χ2n) is 4.94. The number of rotatable bonds is 3. The summed E-state index contributed by atoms with van der Waals surface area (Å²) in [6.07, 6.45) is 0. The van der Waals surface area contributed by atoms with Gasteiger partial charge in [0.15, 0.2) is 0 Å². The number of nitro groups is 1. The van der Waals surface area contributed by atoms with E-state index in [2.05, 4.69) is 5.32 Å². The third-order valence-corrected chi connectivity index (χ3v) is 3.73. The van der Waals surface area contributed by atoms with Crippen molar-refractivity contribution < 1.29 is 9.72 Å². The monoisotopic (exact) mass is 326 g/mol. The summed E-state index contributed by atoms with van der Waals surface area (Å²) in [5.74, 6) is -0.431. The highest BCUT2D eigenvalue weighted by Crippen LogP contribution is 2.26. The topological polar surface area (TPSA) is 72.2 Å². The number of amides is 1. The van der Waals surface area contributed by atoms with E-state index in [0.29, 0.717) is 5.69 Å². The average molecular weight is 327 g/mol. The Morgan fingerprint density at radius 1 is 1.00 bits per heavy atom. The van der Waals surface area contributed by atoms with Crippen molar-refractivity contribution >= 4 is 39.7 Å². The van der Waals surface area contributed by atoms with Crippen LogP contribution < -0.4 is 5.32 Å². The molecule has 0 aromatic heterocycles. The molecule has 0 bridgehead atoms. The molecule has 0 heterocycles. The Labute approximate surface area is 136 Å². The summed E-state index contributed by atoms with van der Waals surface area (Å²) in [4.78, 5) is 22.5. The van der Waals surface area contributed by atoms with E-state index in [1.54, 1.807) is 6.07 Å². The second kappa shape index (κ2) is 6.06. The van der Waals surface area contributed by atoms with Crippen LogP contribution in [-0.4, -0.2) is 10.8 Å².